The Bertz CT molecular complexity index is 715. The summed E-state index contributed by atoms with van der Waals surface area (Å²) in [5.74, 6) is 0. The normalized spacial score (nSPS) is 19.2. The van der Waals surface area contributed by atoms with E-state index in [1.807, 2.05) is 6.19 Å². The molecule has 120 valence electrons. The second kappa shape index (κ2) is 5.95. The van der Waals surface area contributed by atoms with Crippen LogP contribution >= 0.6 is 11.6 Å². The minimum absolute atomic E-state index is 0.173. The van der Waals surface area contributed by atoms with Crippen molar-refractivity contribution in [2.45, 2.75) is 23.5 Å². The van der Waals surface area contributed by atoms with E-state index in [9.17, 15) is 21.6 Å². The van der Waals surface area contributed by atoms with Gasteiger partial charge in [-0.1, -0.05) is 11.6 Å². The summed E-state index contributed by atoms with van der Waals surface area (Å²) in [6.07, 6.45) is -2.39. The van der Waals surface area contributed by atoms with Gasteiger partial charge in [0.2, 0.25) is 10.0 Å². The predicted octanol–water partition coefficient (Wildman–Crippen LogP) is 2.19. The maximum absolute atomic E-state index is 12.7. The van der Waals surface area contributed by atoms with Crippen LogP contribution < -0.4 is 4.72 Å². The van der Waals surface area contributed by atoms with Gasteiger partial charge in [-0.05, 0) is 24.6 Å². The zero-order chi connectivity index (χ0) is 16.5. The minimum Gasteiger partial charge on any atom is -0.309 e. The molecule has 1 aliphatic heterocycles. The van der Waals surface area contributed by atoms with Crippen LogP contribution in [0.1, 0.15) is 12.0 Å². The zero-order valence-corrected chi connectivity index (χ0v) is 12.6. The molecule has 0 aliphatic carbocycles. The highest BCUT2D eigenvalue weighted by atomic mass is 35.5. The van der Waals surface area contributed by atoms with Crippen molar-refractivity contribution in [2.75, 3.05) is 13.1 Å². The molecule has 22 heavy (non-hydrogen) atoms. The molecule has 1 N–H and O–H groups in total. The molecule has 1 saturated heterocycles. The highest BCUT2D eigenvalue weighted by Gasteiger charge is 2.34. The van der Waals surface area contributed by atoms with Crippen LogP contribution in [0, 0.1) is 11.5 Å². The molecule has 1 atom stereocenters. The summed E-state index contributed by atoms with van der Waals surface area (Å²) in [7, 11) is -4.21. The van der Waals surface area contributed by atoms with Crippen molar-refractivity contribution in [3.8, 4) is 6.19 Å². The van der Waals surface area contributed by atoms with Gasteiger partial charge in [-0.25, -0.2) is 13.1 Å². The SMILES string of the molecule is N#CN1CC[C@@H](NS(=O)(=O)c2cc(C(F)(F)F)ccc2Cl)C1. The van der Waals surface area contributed by atoms with E-state index in [0.717, 1.165) is 6.07 Å². The van der Waals surface area contributed by atoms with Gasteiger partial charge in [-0.2, -0.15) is 18.4 Å². The van der Waals surface area contributed by atoms with E-state index in [-0.39, 0.29) is 11.6 Å². The third-order valence-corrected chi connectivity index (χ3v) is 5.20. The fourth-order valence-electron chi connectivity index (χ4n) is 2.12. The maximum Gasteiger partial charge on any atom is 0.416 e. The van der Waals surface area contributed by atoms with Crippen LogP contribution in [0.3, 0.4) is 0 Å². The first-order valence-electron chi connectivity index (χ1n) is 6.17. The van der Waals surface area contributed by atoms with Crippen molar-refractivity contribution in [3.63, 3.8) is 0 Å². The number of benzene rings is 1. The summed E-state index contributed by atoms with van der Waals surface area (Å²) >= 11 is 5.72. The molecule has 0 radical (unpaired) electrons. The van der Waals surface area contributed by atoms with E-state index in [1.54, 1.807) is 0 Å². The molecule has 1 aromatic carbocycles. The Morgan fingerprint density at radius 2 is 2.09 bits per heavy atom. The summed E-state index contributed by atoms with van der Waals surface area (Å²) in [4.78, 5) is 0.736. The Morgan fingerprint density at radius 3 is 2.64 bits per heavy atom. The molecule has 1 heterocycles. The summed E-state index contributed by atoms with van der Waals surface area (Å²) in [5, 5.41) is 8.43. The molecule has 2 rings (SSSR count). The van der Waals surface area contributed by atoms with Crippen molar-refractivity contribution >= 4 is 21.6 Å². The molecule has 0 aromatic heterocycles. The Labute approximate surface area is 130 Å². The van der Waals surface area contributed by atoms with Gasteiger partial charge >= 0.3 is 6.18 Å². The fourth-order valence-corrected chi connectivity index (χ4v) is 3.90. The van der Waals surface area contributed by atoms with Crippen molar-refractivity contribution in [1.29, 1.82) is 5.26 Å². The van der Waals surface area contributed by atoms with Gasteiger partial charge in [0.1, 0.15) is 4.90 Å². The fraction of sp³-hybridized carbons (Fsp3) is 0.417. The number of sulfonamides is 1. The van der Waals surface area contributed by atoms with Crippen LogP contribution in [0.25, 0.3) is 0 Å². The van der Waals surface area contributed by atoms with Gasteiger partial charge in [-0.15, -0.1) is 0 Å². The summed E-state index contributed by atoms with van der Waals surface area (Å²) in [6, 6.07) is 1.57. The monoisotopic (exact) mass is 353 g/mol. The molecular weight excluding hydrogens is 343 g/mol. The van der Waals surface area contributed by atoms with Crippen LogP contribution in [0.5, 0.6) is 0 Å². The lowest BCUT2D eigenvalue weighted by atomic mass is 10.2. The molecule has 5 nitrogen and oxygen atoms in total. The number of nitrogens with zero attached hydrogens (tertiary/aromatic N) is 2. The van der Waals surface area contributed by atoms with E-state index < -0.39 is 32.7 Å². The Kier molecular flexibility index (Phi) is 4.56. The van der Waals surface area contributed by atoms with Crippen LogP contribution in [0.2, 0.25) is 5.02 Å². The van der Waals surface area contributed by atoms with Gasteiger partial charge < -0.3 is 4.90 Å². The van der Waals surface area contributed by atoms with Gasteiger partial charge in [-0.3, -0.25) is 0 Å². The molecule has 0 spiro atoms. The third-order valence-electron chi connectivity index (χ3n) is 3.20. The van der Waals surface area contributed by atoms with Crippen LogP contribution in [-0.2, 0) is 16.2 Å². The van der Waals surface area contributed by atoms with E-state index in [0.29, 0.717) is 25.1 Å². The standard InChI is InChI=1S/C12H11ClF3N3O2S/c13-10-2-1-8(12(14,15)16)5-11(10)22(20,21)18-9-3-4-19(6-9)7-17/h1-2,5,9,18H,3-4,6H2/t9-/m1/s1. The number of nitrogens with one attached hydrogen (secondary N) is 1. The minimum atomic E-state index is -4.67. The Morgan fingerprint density at radius 1 is 1.41 bits per heavy atom. The summed E-state index contributed by atoms with van der Waals surface area (Å²) in [5.41, 5.74) is -1.10. The van der Waals surface area contributed by atoms with E-state index in [2.05, 4.69) is 4.72 Å². The van der Waals surface area contributed by atoms with Crippen molar-refractivity contribution in [2.24, 2.45) is 0 Å². The summed E-state index contributed by atoms with van der Waals surface area (Å²) in [6.45, 7) is 0.562. The number of likely N-dealkylation sites (tertiary alicyclic amines) is 1. The van der Waals surface area contributed by atoms with Crippen LogP contribution in [0.4, 0.5) is 13.2 Å². The Balaban J connectivity index is 2.28. The first kappa shape index (κ1) is 16.9. The average Bonchev–Trinajstić information content (AvgIpc) is 2.84. The first-order valence-corrected chi connectivity index (χ1v) is 8.03. The van der Waals surface area contributed by atoms with Crippen LogP contribution in [0.15, 0.2) is 23.1 Å². The molecule has 0 unspecified atom stereocenters. The maximum atomic E-state index is 12.7. The third kappa shape index (κ3) is 3.63. The lowest BCUT2D eigenvalue weighted by molar-refractivity contribution is -0.137. The number of alkyl halides is 3. The number of rotatable bonds is 3. The zero-order valence-electron chi connectivity index (χ0n) is 11.1. The van der Waals surface area contributed by atoms with Crippen LogP contribution in [-0.4, -0.2) is 32.4 Å². The lowest BCUT2D eigenvalue weighted by Crippen LogP contribution is -2.36. The smallest absolute Gasteiger partial charge is 0.309 e. The molecule has 1 aromatic rings. The lowest BCUT2D eigenvalue weighted by Gasteiger charge is -2.15. The topological polar surface area (TPSA) is 73.2 Å². The molecule has 0 amide bonds. The number of hydrogen-bond acceptors (Lipinski definition) is 4. The summed E-state index contributed by atoms with van der Waals surface area (Å²) < 4.78 is 64.8. The van der Waals surface area contributed by atoms with E-state index in [1.165, 1.54) is 4.90 Å². The Hall–Kier alpha value is -1.50. The molecule has 1 aliphatic rings. The predicted molar refractivity (Wildman–Crippen MR) is 72.4 cm³/mol. The highest BCUT2D eigenvalue weighted by Crippen LogP contribution is 2.33. The first-order chi connectivity index (χ1) is 10.1. The second-order valence-corrected chi connectivity index (χ2v) is 6.89. The van der Waals surface area contributed by atoms with Gasteiger partial charge in [0.05, 0.1) is 10.6 Å². The van der Waals surface area contributed by atoms with E-state index in [4.69, 9.17) is 16.9 Å². The number of hydrogen-bond donors (Lipinski definition) is 1. The molecule has 0 bridgehead atoms. The highest BCUT2D eigenvalue weighted by molar-refractivity contribution is 7.89. The molecule has 0 saturated carbocycles. The largest absolute Gasteiger partial charge is 0.416 e. The van der Waals surface area contributed by atoms with Gasteiger partial charge in [0, 0.05) is 19.1 Å². The van der Waals surface area contributed by atoms with Crippen molar-refractivity contribution in [3.05, 3.63) is 28.8 Å². The van der Waals surface area contributed by atoms with Crippen molar-refractivity contribution in [1.82, 2.24) is 9.62 Å². The average molecular weight is 354 g/mol. The molecule has 10 heteroatoms. The van der Waals surface area contributed by atoms with E-state index >= 15 is 0 Å². The molecule has 1 fully saturated rings. The van der Waals surface area contributed by atoms with Gasteiger partial charge in [0.25, 0.3) is 0 Å². The quantitative estimate of drug-likeness (QED) is 0.845. The number of nitriles is 1. The van der Waals surface area contributed by atoms with Gasteiger partial charge in [0.15, 0.2) is 6.19 Å². The van der Waals surface area contributed by atoms with Crippen molar-refractivity contribution < 1.29 is 21.6 Å². The number of halogens is 4. The second-order valence-electron chi connectivity index (χ2n) is 4.80. The molecular formula is C12H11ClF3N3O2S.